The van der Waals surface area contributed by atoms with Crippen molar-refractivity contribution in [3.8, 4) is 0 Å². The number of aryl methyl sites for hydroxylation is 1. The minimum absolute atomic E-state index is 0.0856. The van der Waals surface area contributed by atoms with Crippen molar-refractivity contribution >= 4 is 38.9 Å². The molecular weight excluding hydrogens is 465 g/mol. The van der Waals surface area contributed by atoms with Crippen molar-refractivity contribution < 1.29 is 13.2 Å². The summed E-state index contributed by atoms with van der Waals surface area (Å²) in [5.41, 5.74) is 1.97. The Kier molecular flexibility index (Phi) is 6.88. The van der Waals surface area contributed by atoms with E-state index >= 15 is 0 Å². The number of thiocarbonyl (C=S) groups is 1. The van der Waals surface area contributed by atoms with E-state index in [1.54, 1.807) is 0 Å². The maximum absolute atomic E-state index is 13.2. The number of benzene rings is 1. The molecule has 4 nitrogen and oxygen atoms in total. The van der Waals surface area contributed by atoms with Gasteiger partial charge in [0.25, 0.3) is 0 Å². The first-order valence-electron chi connectivity index (χ1n) is 9.65. The topological polar surface area (TPSA) is 41.9 Å². The molecule has 1 aliphatic carbocycles. The Bertz CT molecular complexity index is 858. The Labute approximate surface area is 182 Å². The third kappa shape index (κ3) is 5.72. The number of rotatable bonds is 7. The molecule has 2 aromatic rings. The number of nitrogens with zero attached hydrogens (tertiary/aromatic N) is 2. The van der Waals surface area contributed by atoms with Gasteiger partial charge in [0.05, 0.1) is 10.2 Å². The van der Waals surface area contributed by atoms with Crippen molar-refractivity contribution in [2.45, 2.75) is 57.7 Å². The summed E-state index contributed by atoms with van der Waals surface area (Å²) in [7, 11) is 0. The molecular formula is C20H24BrF3N4S. The number of aromatic nitrogens is 2. The molecule has 9 heteroatoms. The minimum atomic E-state index is -4.46. The molecule has 1 aromatic carbocycles. The van der Waals surface area contributed by atoms with Crippen LogP contribution < -0.4 is 10.6 Å². The van der Waals surface area contributed by atoms with Crippen LogP contribution in [-0.4, -0.2) is 21.4 Å². The van der Waals surface area contributed by atoms with Crippen molar-refractivity contribution in [2.24, 2.45) is 0 Å². The van der Waals surface area contributed by atoms with Gasteiger partial charge in [0.1, 0.15) is 0 Å². The predicted octanol–water partition coefficient (Wildman–Crippen LogP) is 6.04. The molecule has 0 saturated heterocycles. The molecule has 2 N–H and O–H groups in total. The van der Waals surface area contributed by atoms with Crippen molar-refractivity contribution in [3.63, 3.8) is 0 Å². The second-order valence-electron chi connectivity index (χ2n) is 7.55. The van der Waals surface area contributed by atoms with Gasteiger partial charge in [0, 0.05) is 24.7 Å². The van der Waals surface area contributed by atoms with E-state index in [4.69, 9.17) is 12.2 Å². The van der Waals surface area contributed by atoms with E-state index in [0.717, 1.165) is 18.5 Å². The van der Waals surface area contributed by atoms with Crippen LogP contribution in [0.1, 0.15) is 61.9 Å². The zero-order valence-electron chi connectivity index (χ0n) is 16.3. The van der Waals surface area contributed by atoms with Crippen LogP contribution in [0.3, 0.4) is 0 Å². The summed E-state index contributed by atoms with van der Waals surface area (Å²) >= 11 is 8.41. The van der Waals surface area contributed by atoms with Gasteiger partial charge >= 0.3 is 6.18 Å². The van der Waals surface area contributed by atoms with Crippen LogP contribution in [0.4, 0.5) is 18.9 Å². The highest BCUT2D eigenvalue weighted by molar-refractivity contribution is 9.10. The summed E-state index contributed by atoms with van der Waals surface area (Å²) in [5.74, 6) is 0.632. The molecule has 0 bridgehead atoms. The molecule has 1 saturated carbocycles. The van der Waals surface area contributed by atoms with E-state index < -0.39 is 11.9 Å². The lowest BCUT2D eigenvalue weighted by molar-refractivity contribution is -0.142. The van der Waals surface area contributed by atoms with Crippen molar-refractivity contribution in [1.82, 2.24) is 15.1 Å². The molecule has 158 valence electrons. The average Bonchev–Trinajstić information content (AvgIpc) is 3.41. The van der Waals surface area contributed by atoms with Crippen molar-refractivity contribution in [3.05, 3.63) is 45.7 Å². The van der Waals surface area contributed by atoms with Crippen LogP contribution >= 0.6 is 28.1 Å². The Balaban J connectivity index is 1.51. The van der Waals surface area contributed by atoms with E-state index in [1.165, 1.54) is 10.2 Å². The lowest BCUT2D eigenvalue weighted by Gasteiger charge is -2.12. The second-order valence-corrected chi connectivity index (χ2v) is 8.76. The summed E-state index contributed by atoms with van der Waals surface area (Å²) in [5, 5.41) is 10.5. The molecule has 0 atom stereocenters. The van der Waals surface area contributed by atoms with Crippen LogP contribution in [0.15, 0.2) is 28.7 Å². The average molecular weight is 489 g/mol. The first-order chi connectivity index (χ1) is 13.7. The predicted molar refractivity (Wildman–Crippen MR) is 116 cm³/mol. The molecule has 1 aliphatic rings. The SMILES string of the molecule is CC(C)c1ccc(NC(=S)NCCCn2nc(C(F)(F)F)c(Br)c2C2CC2)cc1. The zero-order valence-corrected chi connectivity index (χ0v) is 18.7. The lowest BCUT2D eigenvalue weighted by Crippen LogP contribution is -2.30. The maximum Gasteiger partial charge on any atom is 0.436 e. The van der Waals surface area contributed by atoms with Crippen molar-refractivity contribution in [2.75, 3.05) is 11.9 Å². The van der Waals surface area contributed by atoms with Crippen LogP contribution in [0.5, 0.6) is 0 Å². The Morgan fingerprint density at radius 3 is 2.48 bits per heavy atom. The molecule has 0 amide bonds. The summed E-state index contributed by atoms with van der Waals surface area (Å²) in [4.78, 5) is 0. The molecule has 0 radical (unpaired) electrons. The van der Waals surface area contributed by atoms with Gasteiger partial charge in [-0.2, -0.15) is 18.3 Å². The molecule has 0 unspecified atom stereocenters. The van der Waals surface area contributed by atoms with Crippen molar-refractivity contribution in [1.29, 1.82) is 0 Å². The number of hydrogen-bond donors (Lipinski definition) is 2. The highest BCUT2D eigenvalue weighted by Crippen LogP contribution is 2.47. The van der Waals surface area contributed by atoms with E-state index in [2.05, 4.69) is 57.6 Å². The van der Waals surface area contributed by atoms with Gasteiger partial charge in [-0.15, -0.1) is 0 Å². The highest BCUT2D eigenvalue weighted by atomic mass is 79.9. The Hall–Kier alpha value is -1.61. The van der Waals surface area contributed by atoms with Gasteiger partial charge < -0.3 is 10.6 Å². The molecule has 1 fully saturated rings. The van der Waals surface area contributed by atoms with Gasteiger partial charge in [-0.3, -0.25) is 4.68 Å². The normalized spacial score (nSPS) is 14.3. The smallest absolute Gasteiger partial charge is 0.362 e. The van der Waals surface area contributed by atoms with Gasteiger partial charge in [0.2, 0.25) is 0 Å². The summed E-state index contributed by atoms with van der Waals surface area (Å²) in [6.07, 6.45) is -2.03. The first kappa shape index (κ1) is 22.1. The minimum Gasteiger partial charge on any atom is -0.362 e. The quantitative estimate of drug-likeness (QED) is 0.368. The second kappa shape index (κ2) is 9.04. The van der Waals surface area contributed by atoms with Gasteiger partial charge in [0.15, 0.2) is 10.8 Å². The molecule has 1 aromatic heterocycles. The number of hydrogen-bond acceptors (Lipinski definition) is 2. The Morgan fingerprint density at radius 1 is 1.28 bits per heavy atom. The monoisotopic (exact) mass is 488 g/mol. The lowest BCUT2D eigenvalue weighted by atomic mass is 10.0. The highest BCUT2D eigenvalue weighted by Gasteiger charge is 2.41. The zero-order chi connectivity index (χ0) is 21.2. The molecule has 3 rings (SSSR count). The van der Waals surface area contributed by atoms with Gasteiger partial charge in [-0.25, -0.2) is 0 Å². The van der Waals surface area contributed by atoms with E-state index in [1.807, 2.05) is 12.1 Å². The fourth-order valence-corrected chi connectivity index (χ4v) is 4.16. The standard InChI is InChI=1S/C20H24BrF3N4S/c1-12(2)13-6-8-15(9-7-13)26-19(29)25-10-3-11-28-17(14-4-5-14)16(21)18(27-28)20(22,23)24/h6-9,12,14H,3-5,10-11H2,1-2H3,(H2,25,26,29). The van der Waals surface area contributed by atoms with E-state index in [9.17, 15) is 13.2 Å². The molecule has 0 aliphatic heterocycles. The molecule has 1 heterocycles. The fourth-order valence-electron chi connectivity index (χ4n) is 3.11. The largest absolute Gasteiger partial charge is 0.436 e. The number of alkyl halides is 3. The van der Waals surface area contributed by atoms with E-state index in [0.29, 0.717) is 36.2 Å². The fraction of sp³-hybridized carbons (Fsp3) is 0.500. The summed E-state index contributed by atoms with van der Waals surface area (Å²) < 4.78 is 41.0. The first-order valence-corrected chi connectivity index (χ1v) is 10.8. The van der Waals surface area contributed by atoms with Crippen LogP contribution in [0, 0.1) is 0 Å². The third-order valence-electron chi connectivity index (χ3n) is 4.83. The van der Waals surface area contributed by atoms with Gasteiger partial charge in [-0.1, -0.05) is 26.0 Å². The van der Waals surface area contributed by atoms with Gasteiger partial charge in [-0.05, 0) is 71.0 Å². The van der Waals surface area contributed by atoms with Crippen LogP contribution in [0.25, 0.3) is 0 Å². The number of anilines is 1. The number of nitrogens with one attached hydrogen (secondary N) is 2. The molecule has 0 spiro atoms. The molecule has 29 heavy (non-hydrogen) atoms. The Morgan fingerprint density at radius 2 is 1.93 bits per heavy atom. The van der Waals surface area contributed by atoms with Crippen LogP contribution in [0.2, 0.25) is 0 Å². The summed E-state index contributed by atoms with van der Waals surface area (Å²) in [6.45, 7) is 5.22. The summed E-state index contributed by atoms with van der Waals surface area (Å²) in [6, 6.07) is 8.07. The third-order valence-corrected chi connectivity index (χ3v) is 5.86. The van der Waals surface area contributed by atoms with E-state index in [-0.39, 0.29) is 10.4 Å². The maximum atomic E-state index is 13.2. The van der Waals surface area contributed by atoms with Crippen LogP contribution in [-0.2, 0) is 12.7 Å². The number of halogens is 4.